The van der Waals surface area contributed by atoms with Gasteiger partial charge in [-0.25, -0.2) is 9.58 Å². The molecule has 158 valence electrons. The first-order valence-electron chi connectivity index (χ1n) is 10.1. The fourth-order valence-corrected chi connectivity index (χ4v) is 3.78. The summed E-state index contributed by atoms with van der Waals surface area (Å²) >= 11 is 0. The molecular weight excluding hydrogens is 392 g/mol. The third kappa shape index (κ3) is 3.28. The van der Waals surface area contributed by atoms with Crippen LogP contribution in [0.5, 0.6) is 0 Å². The number of aryl methyl sites for hydroxylation is 2. The van der Waals surface area contributed by atoms with Gasteiger partial charge in [0.25, 0.3) is 17.4 Å². The van der Waals surface area contributed by atoms with Crippen molar-refractivity contribution in [3.05, 3.63) is 87.5 Å². The van der Waals surface area contributed by atoms with Crippen molar-refractivity contribution < 1.29 is 9.59 Å². The molecule has 1 aromatic heterocycles. The normalized spacial score (nSPS) is 14.0. The SMILES string of the molecule is CCN(C)C1=C(c2c(C)[nH]n(-c3ccccc3)c2=O)C(=O)N(c2ccc(C)cc2)C1=O. The standard InChI is InChI=1S/C24H24N4O3/c1-5-26(4)21-20(22(29)27(24(21)31)17-13-11-15(2)12-14-17)19-16(3)25-28(23(19)30)18-9-7-6-8-10-18/h6-14,25H,5H2,1-4H3. The summed E-state index contributed by atoms with van der Waals surface area (Å²) in [6, 6.07) is 16.3. The summed E-state index contributed by atoms with van der Waals surface area (Å²) in [5.74, 6) is -0.928. The van der Waals surface area contributed by atoms with E-state index >= 15 is 0 Å². The molecule has 0 atom stereocenters. The van der Waals surface area contributed by atoms with Gasteiger partial charge in [-0.05, 0) is 45.0 Å². The van der Waals surface area contributed by atoms with Crippen LogP contribution in [0.4, 0.5) is 5.69 Å². The van der Waals surface area contributed by atoms with Crippen LogP contribution in [0.25, 0.3) is 11.3 Å². The minimum absolute atomic E-state index is 0.128. The number of carbonyl (C=O) groups excluding carboxylic acids is 2. The van der Waals surface area contributed by atoms with E-state index in [1.54, 1.807) is 43.1 Å². The quantitative estimate of drug-likeness (QED) is 0.649. The van der Waals surface area contributed by atoms with E-state index in [1.165, 1.54) is 4.68 Å². The molecular formula is C24H24N4O3. The third-order valence-electron chi connectivity index (χ3n) is 5.54. The van der Waals surface area contributed by atoms with Crippen LogP contribution in [-0.2, 0) is 9.59 Å². The molecule has 0 radical (unpaired) electrons. The highest BCUT2D eigenvalue weighted by atomic mass is 16.2. The molecule has 1 aliphatic heterocycles. The Labute approximate surface area is 180 Å². The molecule has 2 aromatic carbocycles. The molecule has 0 spiro atoms. The van der Waals surface area contributed by atoms with Crippen molar-refractivity contribution in [3.63, 3.8) is 0 Å². The van der Waals surface area contributed by atoms with E-state index in [0.29, 0.717) is 23.6 Å². The summed E-state index contributed by atoms with van der Waals surface area (Å²) in [5, 5.41) is 3.05. The molecule has 7 nitrogen and oxygen atoms in total. The summed E-state index contributed by atoms with van der Waals surface area (Å²) in [6.45, 7) is 6.07. The van der Waals surface area contributed by atoms with E-state index < -0.39 is 11.8 Å². The van der Waals surface area contributed by atoms with Crippen LogP contribution < -0.4 is 10.5 Å². The van der Waals surface area contributed by atoms with E-state index in [1.807, 2.05) is 44.2 Å². The zero-order chi connectivity index (χ0) is 22.3. The number of nitrogens with zero attached hydrogens (tertiary/aromatic N) is 3. The number of nitrogens with one attached hydrogen (secondary N) is 1. The van der Waals surface area contributed by atoms with Gasteiger partial charge in [0.05, 0.1) is 22.5 Å². The first kappa shape index (κ1) is 20.4. The summed E-state index contributed by atoms with van der Waals surface area (Å²) in [5.41, 5.74) is 2.89. The van der Waals surface area contributed by atoms with Crippen molar-refractivity contribution in [2.45, 2.75) is 20.8 Å². The maximum absolute atomic E-state index is 13.5. The van der Waals surface area contributed by atoms with Crippen molar-refractivity contribution in [2.24, 2.45) is 0 Å². The number of hydrogen-bond donors (Lipinski definition) is 1. The molecule has 2 heterocycles. The smallest absolute Gasteiger partial charge is 0.282 e. The van der Waals surface area contributed by atoms with Crippen LogP contribution >= 0.6 is 0 Å². The topological polar surface area (TPSA) is 78.4 Å². The van der Waals surface area contributed by atoms with Gasteiger partial charge in [0.15, 0.2) is 0 Å². The molecule has 0 bridgehead atoms. The van der Waals surface area contributed by atoms with Gasteiger partial charge in [-0.3, -0.25) is 19.5 Å². The Hall–Kier alpha value is -3.87. The van der Waals surface area contributed by atoms with Crippen molar-refractivity contribution in [2.75, 3.05) is 18.5 Å². The Morgan fingerprint density at radius 1 is 0.871 bits per heavy atom. The molecule has 31 heavy (non-hydrogen) atoms. The highest BCUT2D eigenvalue weighted by Gasteiger charge is 2.43. The van der Waals surface area contributed by atoms with Crippen LogP contribution in [0.3, 0.4) is 0 Å². The second-order valence-electron chi connectivity index (χ2n) is 7.61. The summed E-state index contributed by atoms with van der Waals surface area (Å²) in [6.07, 6.45) is 0. The Morgan fingerprint density at radius 3 is 2.13 bits per heavy atom. The maximum atomic E-state index is 13.5. The number of anilines is 1. The average molecular weight is 416 g/mol. The zero-order valence-corrected chi connectivity index (χ0v) is 18.0. The molecule has 3 aromatic rings. The lowest BCUT2D eigenvalue weighted by Crippen LogP contribution is -2.34. The highest BCUT2D eigenvalue weighted by molar-refractivity contribution is 6.45. The van der Waals surface area contributed by atoms with Crippen molar-refractivity contribution in [3.8, 4) is 5.69 Å². The van der Waals surface area contributed by atoms with Gasteiger partial charge in [-0.15, -0.1) is 0 Å². The van der Waals surface area contributed by atoms with Crippen LogP contribution in [-0.4, -0.2) is 40.1 Å². The van der Waals surface area contributed by atoms with E-state index in [4.69, 9.17) is 0 Å². The third-order valence-corrected chi connectivity index (χ3v) is 5.54. The number of likely N-dealkylation sites (N-methyl/N-ethyl adjacent to an activating group) is 1. The molecule has 4 rings (SSSR count). The fourth-order valence-electron chi connectivity index (χ4n) is 3.78. The van der Waals surface area contributed by atoms with Crippen LogP contribution in [0.2, 0.25) is 0 Å². The number of para-hydroxylation sites is 1. The lowest BCUT2D eigenvalue weighted by molar-refractivity contribution is -0.120. The Bertz CT molecular complexity index is 1250. The van der Waals surface area contributed by atoms with Crippen LogP contribution in [0, 0.1) is 13.8 Å². The molecule has 0 saturated carbocycles. The number of amides is 2. The minimum atomic E-state index is -0.497. The first-order chi connectivity index (χ1) is 14.8. The van der Waals surface area contributed by atoms with Gasteiger partial charge < -0.3 is 4.90 Å². The lowest BCUT2D eigenvalue weighted by atomic mass is 10.1. The molecule has 0 saturated heterocycles. The van der Waals surface area contributed by atoms with E-state index in [9.17, 15) is 14.4 Å². The number of hydrogen-bond acceptors (Lipinski definition) is 4. The van der Waals surface area contributed by atoms with Crippen molar-refractivity contribution >= 4 is 23.1 Å². The maximum Gasteiger partial charge on any atom is 0.282 e. The summed E-state index contributed by atoms with van der Waals surface area (Å²) < 4.78 is 1.40. The van der Waals surface area contributed by atoms with Crippen molar-refractivity contribution in [1.82, 2.24) is 14.7 Å². The van der Waals surface area contributed by atoms with Crippen LogP contribution in [0.1, 0.15) is 23.7 Å². The predicted molar refractivity (Wildman–Crippen MR) is 120 cm³/mol. The van der Waals surface area contributed by atoms with Gasteiger partial charge >= 0.3 is 0 Å². The van der Waals surface area contributed by atoms with Gasteiger partial charge in [0.1, 0.15) is 5.70 Å². The fraction of sp³-hybridized carbons (Fsp3) is 0.208. The Balaban J connectivity index is 1.91. The summed E-state index contributed by atoms with van der Waals surface area (Å²) in [4.78, 5) is 43.1. The molecule has 1 aliphatic rings. The first-order valence-corrected chi connectivity index (χ1v) is 10.1. The van der Waals surface area contributed by atoms with Crippen molar-refractivity contribution in [1.29, 1.82) is 0 Å². The van der Waals surface area contributed by atoms with E-state index in [2.05, 4.69) is 5.10 Å². The Kier molecular flexibility index (Phi) is 5.10. The second-order valence-corrected chi connectivity index (χ2v) is 7.61. The summed E-state index contributed by atoms with van der Waals surface area (Å²) in [7, 11) is 1.75. The number of carbonyl (C=O) groups is 2. The lowest BCUT2D eigenvalue weighted by Gasteiger charge is -2.19. The number of rotatable bonds is 5. The molecule has 7 heteroatoms. The largest absolute Gasteiger partial charge is 0.370 e. The number of aromatic nitrogens is 2. The average Bonchev–Trinajstić information content (AvgIpc) is 3.20. The van der Waals surface area contributed by atoms with Gasteiger partial charge in [-0.2, -0.15) is 0 Å². The highest BCUT2D eigenvalue weighted by Crippen LogP contribution is 2.34. The number of H-pyrrole nitrogens is 1. The van der Waals surface area contributed by atoms with Crippen LogP contribution in [0.15, 0.2) is 65.1 Å². The zero-order valence-electron chi connectivity index (χ0n) is 18.0. The second kappa shape index (κ2) is 7.75. The predicted octanol–water partition coefficient (Wildman–Crippen LogP) is 3.02. The van der Waals surface area contributed by atoms with Gasteiger partial charge in [0.2, 0.25) is 0 Å². The molecule has 0 aliphatic carbocycles. The van der Waals surface area contributed by atoms with E-state index in [0.717, 1.165) is 10.5 Å². The molecule has 2 amide bonds. The molecule has 0 fully saturated rings. The van der Waals surface area contributed by atoms with E-state index in [-0.39, 0.29) is 22.4 Å². The van der Waals surface area contributed by atoms with Gasteiger partial charge in [0, 0.05) is 19.3 Å². The molecule has 1 N–H and O–H groups in total. The minimum Gasteiger partial charge on any atom is -0.370 e. The number of aromatic amines is 1. The molecule has 0 unspecified atom stereocenters. The number of imide groups is 1. The number of benzene rings is 2. The monoisotopic (exact) mass is 416 g/mol. The van der Waals surface area contributed by atoms with Gasteiger partial charge in [-0.1, -0.05) is 35.9 Å². The Morgan fingerprint density at radius 2 is 1.52 bits per heavy atom.